The van der Waals surface area contributed by atoms with Crippen LogP contribution in [0.25, 0.3) is 0 Å². The van der Waals surface area contributed by atoms with Crippen molar-refractivity contribution in [2.24, 2.45) is 15.9 Å². The maximum absolute atomic E-state index is 13.4. The van der Waals surface area contributed by atoms with E-state index in [-0.39, 0.29) is 16.6 Å². The highest BCUT2D eigenvalue weighted by molar-refractivity contribution is 8.17. The summed E-state index contributed by atoms with van der Waals surface area (Å²) in [4.78, 5) is 22.8. The van der Waals surface area contributed by atoms with E-state index < -0.39 is 17.9 Å². The number of amidine groups is 1. The predicted octanol–water partition coefficient (Wildman–Crippen LogP) is 6.42. The Bertz CT molecular complexity index is 1410. The van der Waals surface area contributed by atoms with Crippen LogP contribution in [0.2, 0.25) is 0 Å². The van der Waals surface area contributed by atoms with Crippen LogP contribution in [0.4, 0.5) is 0 Å². The summed E-state index contributed by atoms with van der Waals surface area (Å²) in [5, 5.41) is 13.6. The molecule has 3 aliphatic heterocycles. The number of thioether (sulfide) groups is 1. The molecular weight excluding hydrogens is 536 g/mol. The topological polar surface area (TPSA) is 95.8 Å². The Morgan fingerprint density at radius 2 is 1.83 bits per heavy atom. The Morgan fingerprint density at radius 3 is 2.56 bits per heavy atom. The monoisotopic (exact) mass is 572 g/mol. The first-order valence-electron chi connectivity index (χ1n) is 14.3. The quantitative estimate of drug-likeness (QED) is 0.353. The van der Waals surface area contributed by atoms with Gasteiger partial charge in [-0.25, -0.2) is 19.8 Å². The van der Waals surface area contributed by atoms with Gasteiger partial charge in [-0.2, -0.15) is 0 Å². The number of aliphatic hydroxyl groups is 1. The lowest BCUT2D eigenvalue weighted by atomic mass is 9.77. The third-order valence-corrected chi connectivity index (χ3v) is 9.31. The highest BCUT2D eigenvalue weighted by Gasteiger charge is 2.48. The summed E-state index contributed by atoms with van der Waals surface area (Å²) in [6, 6.07) is 18.2. The number of rotatable bonds is 8. The molecule has 214 valence electrons. The zero-order chi connectivity index (χ0) is 28.4. The van der Waals surface area contributed by atoms with Crippen LogP contribution in [0.3, 0.4) is 0 Å². The van der Waals surface area contributed by atoms with E-state index in [9.17, 15) is 9.90 Å². The number of hydrazine groups is 1. The van der Waals surface area contributed by atoms with E-state index in [1.807, 2.05) is 67.4 Å². The molecule has 0 amide bonds. The van der Waals surface area contributed by atoms with E-state index in [4.69, 9.17) is 9.47 Å². The SMILES string of the molecule is CC1=CC(C)=NC2N=C(SC3=C(O)CC(CCc4ccc(OCc5ccccc5)cc4)(C4CCCC4)OC3=O)NN12. The van der Waals surface area contributed by atoms with Gasteiger partial charge in [0.15, 0.2) is 5.17 Å². The number of aliphatic imine (C=N–C) groups is 2. The molecule has 0 bridgehead atoms. The first-order chi connectivity index (χ1) is 19.9. The van der Waals surface area contributed by atoms with Crippen LogP contribution >= 0.6 is 11.8 Å². The molecule has 41 heavy (non-hydrogen) atoms. The van der Waals surface area contributed by atoms with Crippen molar-refractivity contribution < 1.29 is 19.4 Å². The molecule has 0 spiro atoms. The van der Waals surface area contributed by atoms with Crippen molar-refractivity contribution in [2.45, 2.75) is 77.3 Å². The van der Waals surface area contributed by atoms with Crippen molar-refractivity contribution in [3.8, 4) is 5.75 Å². The molecular formula is C32H36N4O4S. The average molecular weight is 573 g/mol. The van der Waals surface area contributed by atoms with Crippen molar-refractivity contribution in [1.29, 1.82) is 0 Å². The first-order valence-corrected chi connectivity index (χ1v) is 15.2. The van der Waals surface area contributed by atoms with Crippen LogP contribution in [-0.2, 0) is 22.6 Å². The Hall–Kier alpha value is -3.72. The van der Waals surface area contributed by atoms with Gasteiger partial charge in [-0.05, 0) is 86.5 Å². The van der Waals surface area contributed by atoms with E-state index in [1.165, 1.54) is 0 Å². The zero-order valence-corrected chi connectivity index (χ0v) is 24.3. The Balaban J connectivity index is 1.13. The van der Waals surface area contributed by atoms with Crippen molar-refractivity contribution in [3.63, 3.8) is 0 Å². The van der Waals surface area contributed by atoms with Gasteiger partial charge in [0, 0.05) is 17.8 Å². The van der Waals surface area contributed by atoms with Gasteiger partial charge in [-0.3, -0.25) is 5.43 Å². The average Bonchev–Trinajstić information content (AvgIpc) is 3.65. The number of esters is 1. The lowest BCUT2D eigenvalue weighted by molar-refractivity contribution is -0.166. The lowest BCUT2D eigenvalue weighted by Gasteiger charge is -2.41. The molecule has 2 unspecified atom stereocenters. The molecule has 2 N–H and O–H groups in total. The van der Waals surface area contributed by atoms with Gasteiger partial charge in [0.05, 0.1) is 0 Å². The van der Waals surface area contributed by atoms with Gasteiger partial charge < -0.3 is 14.6 Å². The second-order valence-corrected chi connectivity index (χ2v) is 12.2. The molecule has 9 heteroatoms. The number of ether oxygens (including phenoxy) is 2. The number of allylic oxidation sites excluding steroid dienone is 2. The molecule has 0 aromatic heterocycles. The van der Waals surface area contributed by atoms with Crippen LogP contribution in [0.1, 0.15) is 63.5 Å². The molecule has 0 saturated heterocycles. The number of carbonyl (C=O) groups is 1. The highest BCUT2D eigenvalue weighted by atomic mass is 32.2. The summed E-state index contributed by atoms with van der Waals surface area (Å²) < 4.78 is 12.2. The van der Waals surface area contributed by atoms with Gasteiger partial charge >= 0.3 is 5.97 Å². The summed E-state index contributed by atoms with van der Waals surface area (Å²) >= 11 is 1.12. The fourth-order valence-corrected chi connectivity index (χ4v) is 6.97. The lowest BCUT2D eigenvalue weighted by Crippen LogP contribution is -2.46. The summed E-state index contributed by atoms with van der Waals surface area (Å²) in [5.41, 5.74) is 6.65. The van der Waals surface area contributed by atoms with Crippen molar-refractivity contribution >= 4 is 28.6 Å². The number of fused-ring (bicyclic) bond motifs is 1. The fourth-order valence-electron chi connectivity index (χ4n) is 6.17. The number of nitrogens with one attached hydrogen (secondary N) is 1. The normalized spacial score (nSPS) is 24.3. The number of aliphatic hydroxyl groups excluding tert-OH is 1. The number of benzene rings is 2. The van der Waals surface area contributed by atoms with Crippen LogP contribution in [0, 0.1) is 5.92 Å². The molecule has 2 aromatic rings. The Kier molecular flexibility index (Phi) is 7.79. The van der Waals surface area contributed by atoms with Crippen LogP contribution in [-0.4, -0.2) is 38.9 Å². The molecule has 1 fully saturated rings. The summed E-state index contributed by atoms with van der Waals surface area (Å²) in [6.07, 6.45) is 7.53. The molecule has 0 radical (unpaired) electrons. The largest absolute Gasteiger partial charge is 0.511 e. The second-order valence-electron chi connectivity index (χ2n) is 11.2. The number of cyclic esters (lactones) is 1. The molecule has 2 aromatic carbocycles. The molecule has 6 rings (SSSR count). The zero-order valence-electron chi connectivity index (χ0n) is 23.5. The molecule has 1 aliphatic carbocycles. The molecule has 1 saturated carbocycles. The van der Waals surface area contributed by atoms with Crippen LogP contribution in [0.15, 0.2) is 87.0 Å². The number of hydrogen-bond donors (Lipinski definition) is 2. The summed E-state index contributed by atoms with van der Waals surface area (Å²) in [5.74, 6) is 0.663. The number of carbonyl (C=O) groups excluding carboxylic acids is 1. The van der Waals surface area contributed by atoms with E-state index in [0.29, 0.717) is 24.6 Å². The van der Waals surface area contributed by atoms with Gasteiger partial charge in [0.2, 0.25) is 6.29 Å². The highest BCUT2D eigenvalue weighted by Crippen LogP contribution is 2.47. The molecule has 2 atom stereocenters. The Labute approximate surface area is 245 Å². The Morgan fingerprint density at radius 1 is 1.07 bits per heavy atom. The van der Waals surface area contributed by atoms with Crippen molar-refractivity contribution in [2.75, 3.05) is 0 Å². The number of hydrogen-bond acceptors (Lipinski definition) is 9. The van der Waals surface area contributed by atoms with E-state index in [1.54, 1.807) is 0 Å². The van der Waals surface area contributed by atoms with Crippen LogP contribution in [0.5, 0.6) is 5.75 Å². The standard InChI is InChI=1S/C32H36N4O4S/c1-21-18-22(2)36-30(33-21)34-31(35-36)41-28-27(37)19-32(40-29(28)38,25-10-6-7-11-25)17-16-23-12-14-26(15-13-23)39-20-24-8-4-3-5-9-24/h3-5,8-9,12-15,18,25,30,37H,6-7,10-11,16-17,19-20H2,1-2H3,(H,34,35). The maximum Gasteiger partial charge on any atom is 0.349 e. The minimum Gasteiger partial charge on any atom is -0.511 e. The van der Waals surface area contributed by atoms with Gasteiger partial charge in [-0.1, -0.05) is 55.3 Å². The van der Waals surface area contributed by atoms with E-state index in [0.717, 1.165) is 72.2 Å². The molecule has 3 heterocycles. The fraction of sp³-hybridized carbons (Fsp3) is 0.406. The smallest absolute Gasteiger partial charge is 0.349 e. The minimum absolute atomic E-state index is 0.0872. The molecule has 4 aliphatic rings. The third-order valence-electron chi connectivity index (χ3n) is 8.31. The predicted molar refractivity (Wildman–Crippen MR) is 161 cm³/mol. The van der Waals surface area contributed by atoms with Crippen molar-refractivity contribution in [1.82, 2.24) is 10.4 Å². The first kappa shape index (κ1) is 27.4. The minimum atomic E-state index is -0.715. The molecule has 8 nitrogen and oxygen atoms in total. The summed E-state index contributed by atoms with van der Waals surface area (Å²) in [6.45, 7) is 4.44. The number of aryl methyl sites for hydroxylation is 1. The summed E-state index contributed by atoms with van der Waals surface area (Å²) in [7, 11) is 0. The van der Waals surface area contributed by atoms with Crippen molar-refractivity contribution in [3.05, 3.63) is 88.2 Å². The van der Waals surface area contributed by atoms with E-state index in [2.05, 4.69) is 27.5 Å². The third kappa shape index (κ3) is 6.00. The maximum atomic E-state index is 13.4. The van der Waals surface area contributed by atoms with Gasteiger partial charge in [-0.15, -0.1) is 0 Å². The van der Waals surface area contributed by atoms with Gasteiger partial charge in [0.25, 0.3) is 0 Å². The number of nitrogens with zero attached hydrogens (tertiary/aromatic N) is 3. The van der Waals surface area contributed by atoms with Crippen LogP contribution < -0.4 is 10.2 Å². The second kappa shape index (κ2) is 11.6. The van der Waals surface area contributed by atoms with E-state index >= 15 is 0 Å². The van der Waals surface area contributed by atoms with Gasteiger partial charge in [0.1, 0.15) is 28.6 Å².